The maximum atomic E-state index is 3.94. The molecule has 1 heteroatoms. The molecule has 0 aliphatic heterocycles. The molecule has 0 spiro atoms. The van der Waals surface area contributed by atoms with Crippen LogP contribution in [0.15, 0.2) is 12.2 Å². The molecule has 0 radical (unpaired) electrons. The first-order valence-corrected chi connectivity index (χ1v) is 4.23. The first-order valence-electron chi connectivity index (χ1n) is 4.23. The molecule has 0 aromatic rings. The van der Waals surface area contributed by atoms with E-state index >= 15 is 0 Å². The first-order chi connectivity index (χ1) is 4.83. The predicted molar refractivity (Wildman–Crippen MR) is 45.1 cm³/mol. The molecule has 1 saturated carbocycles. The van der Waals surface area contributed by atoms with Crippen molar-refractivity contribution in [2.75, 3.05) is 6.54 Å². The lowest BCUT2D eigenvalue weighted by Gasteiger charge is -2.26. The molecular formula is C9H17N. The maximum absolute atomic E-state index is 3.94. The Bertz CT molecular complexity index is 114. The molecule has 1 N–H and O–H groups in total. The zero-order chi connectivity index (χ0) is 7.40. The van der Waals surface area contributed by atoms with Gasteiger partial charge in [0.2, 0.25) is 0 Å². The molecule has 0 aromatic heterocycles. The van der Waals surface area contributed by atoms with Crippen LogP contribution in [-0.4, -0.2) is 12.6 Å². The second-order valence-electron chi connectivity index (χ2n) is 3.11. The lowest BCUT2D eigenvalue weighted by Crippen LogP contribution is -2.36. The van der Waals surface area contributed by atoms with Crippen LogP contribution >= 0.6 is 0 Å². The molecule has 0 amide bonds. The molecule has 0 heterocycles. The fourth-order valence-electron chi connectivity index (χ4n) is 1.03. The van der Waals surface area contributed by atoms with E-state index in [-0.39, 0.29) is 0 Å². The topological polar surface area (TPSA) is 12.0 Å². The van der Waals surface area contributed by atoms with Crippen LogP contribution in [0.3, 0.4) is 0 Å². The van der Waals surface area contributed by atoms with Crippen LogP contribution in [0.25, 0.3) is 0 Å². The van der Waals surface area contributed by atoms with E-state index in [9.17, 15) is 0 Å². The average Bonchev–Trinajstić information content (AvgIpc) is 1.84. The Hall–Kier alpha value is -0.300. The van der Waals surface area contributed by atoms with Crippen molar-refractivity contribution in [2.24, 2.45) is 0 Å². The van der Waals surface area contributed by atoms with Gasteiger partial charge in [-0.05, 0) is 19.3 Å². The Labute approximate surface area is 63.5 Å². The van der Waals surface area contributed by atoms with Crippen LogP contribution in [0, 0.1) is 0 Å². The molecule has 0 atom stereocenters. The molecule has 1 aliphatic rings. The summed E-state index contributed by atoms with van der Waals surface area (Å²) in [5.74, 6) is 0. The molecule has 10 heavy (non-hydrogen) atoms. The van der Waals surface area contributed by atoms with Gasteiger partial charge in [0.1, 0.15) is 0 Å². The summed E-state index contributed by atoms with van der Waals surface area (Å²) in [7, 11) is 0. The Morgan fingerprint density at radius 2 is 2.30 bits per heavy atom. The van der Waals surface area contributed by atoms with Crippen molar-refractivity contribution in [3.05, 3.63) is 12.2 Å². The summed E-state index contributed by atoms with van der Waals surface area (Å²) in [6.45, 7) is 7.13. The Balaban J connectivity index is 1.98. The molecule has 0 bridgehead atoms. The van der Waals surface area contributed by atoms with E-state index in [1.165, 1.54) is 24.8 Å². The van der Waals surface area contributed by atoms with Crippen LogP contribution in [-0.2, 0) is 0 Å². The number of hydrogen-bond acceptors (Lipinski definition) is 1. The summed E-state index contributed by atoms with van der Waals surface area (Å²) in [6, 6.07) is 0.809. The maximum Gasteiger partial charge on any atom is 0.0164 e. The zero-order valence-electron chi connectivity index (χ0n) is 6.82. The van der Waals surface area contributed by atoms with Crippen molar-refractivity contribution in [3.8, 4) is 0 Å². The highest BCUT2D eigenvalue weighted by Gasteiger charge is 2.15. The Morgan fingerprint density at radius 1 is 1.60 bits per heavy atom. The molecule has 1 rings (SSSR count). The van der Waals surface area contributed by atoms with Crippen LogP contribution in [0.2, 0.25) is 0 Å². The first kappa shape index (κ1) is 7.80. The van der Waals surface area contributed by atoms with E-state index in [0.717, 1.165) is 19.0 Å². The van der Waals surface area contributed by atoms with Crippen LogP contribution in [0.4, 0.5) is 0 Å². The van der Waals surface area contributed by atoms with Gasteiger partial charge in [0.25, 0.3) is 0 Å². The average molecular weight is 139 g/mol. The molecule has 1 fully saturated rings. The Kier molecular flexibility index (Phi) is 2.94. The summed E-state index contributed by atoms with van der Waals surface area (Å²) in [6.07, 6.45) is 5.27. The molecule has 0 unspecified atom stereocenters. The van der Waals surface area contributed by atoms with Gasteiger partial charge < -0.3 is 5.32 Å². The summed E-state index contributed by atoms with van der Waals surface area (Å²) in [5.41, 5.74) is 1.33. The highest BCUT2D eigenvalue weighted by atomic mass is 14.9. The largest absolute Gasteiger partial charge is 0.310 e. The van der Waals surface area contributed by atoms with E-state index in [1.807, 2.05) is 0 Å². The second-order valence-corrected chi connectivity index (χ2v) is 3.11. The lowest BCUT2D eigenvalue weighted by molar-refractivity contribution is 0.348. The van der Waals surface area contributed by atoms with E-state index in [2.05, 4.69) is 18.8 Å². The van der Waals surface area contributed by atoms with Gasteiger partial charge in [0.05, 0.1) is 0 Å². The van der Waals surface area contributed by atoms with Crippen LogP contribution in [0.1, 0.15) is 32.6 Å². The highest BCUT2D eigenvalue weighted by Crippen LogP contribution is 2.17. The van der Waals surface area contributed by atoms with Gasteiger partial charge in [-0.15, -0.1) is 0 Å². The minimum atomic E-state index is 0.809. The predicted octanol–water partition coefficient (Wildman–Crippen LogP) is 2.09. The summed E-state index contributed by atoms with van der Waals surface area (Å²) >= 11 is 0. The van der Waals surface area contributed by atoms with Gasteiger partial charge >= 0.3 is 0 Å². The number of hydrogen-bond donors (Lipinski definition) is 1. The third-order valence-electron chi connectivity index (χ3n) is 2.25. The van der Waals surface area contributed by atoms with Gasteiger partial charge in [0, 0.05) is 12.6 Å². The van der Waals surface area contributed by atoms with Gasteiger partial charge in [0.15, 0.2) is 0 Å². The molecule has 0 aromatic carbocycles. The molecule has 1 aliphatic carbocycles. The molecule has 58 valence electrons. The Morgan fingerprint density at radius 3 is 2.70 bits per heavy atom. The summed E-state index contributed by atoms with van der Waals surface area (Å²) in [4.78, 5) is 0. The van der Waals surface area contributed by atoms with Crippen molar-refractivity contribution >= 4 is 0 Å². The van der Waals surface area contributed by atoms with E-state index in [0.29, 0.717) is 0 Å². The van der Waals surface area contributed by atoms with E-state index in [4.69, 9.17) is 0 Å². The SMILES string of the molecule is C=C(CC)CNC1CCC1. The molecule has 0 saturated heterocycles. The smallest absolute Gasteiger partial charge is 0.0164 e. The quantitative estimate of drug-likeness (QED) is 0.588. The lowest BCUT2D eigenvalue weighted by atomic mass is 9.93. The standard InChI is InChI=1S/C9H17N/c1-3-8(2)7-10-9-5-4-6-9/h9-10H,2-7H2,1H3. The van der Waals surface area contributed by atoms with Crippen molar-refractivity contribution in [1.82, 2.24) is 5.32 Å². The van der Waals surface area contributed by atoms with E-state index < -0.39 is 0 Å². The van der Waals surface area contributed by atoms with Crippen molar-refractivity contribution in [3.63, 3.8) is 0 Å². The van der Waals surface area contributed by atoms with Crippen molar-refractivity contribution < 1.29 is 0 Å². The highest BCUT2D eigenvalue weighted by molar-refractivity contribution is 4.96. The summed E-state index contributed by atoms with van der Waals surface area (Å²) < 4.78 is 0. The number of nitrogens with one attached hydrogen (secondary N) is 1. The molecular weight excluding hydrogens is 122 g/mol. The van der Waals surface area contributed by atoms with Gasteiger partial charge in [-0.1, -0.05) is 25.5 Å². The fourth-order valence-corrected chi connectivity index (χ4v) is 1.03. The van der Waals surface area contributed by atoms with Gasteiger partial charge in [-0.25, -0.2) is 0 Å². The minimum absolute atomic E-state index is 0.809. The zero-order valence-corrected chi connectivity index (χ0v) is 6.82. The third kappa shape index (κ3) is 2.14. The fraction of sp³-hybridized carbons (Fsp3) is 0.778. The van der Waals surface area contributed by atoms with Crippen LogP contribution < -0.4 is 5.32 Å². The third-order valence-corrected chi connectivity index (χ3v) is 2.25. The van der Waals surface area contributed by atoms with E-state index in [1.54, 1.807) is 0 Å². The van der Waals surface area contributed by atoms with Gasteiger partial charge in [-0.3, -0.25) is 0 Å². The van der Waals surface area contributed by atoms with Crippen LogP contribution in [0.5, 0.6) is 0 Å². The van der Waals surface area contributed by atoms with Crippen molar-refractivity contribution in [2.45, 2.75) is 38.6 Å². The van der Waals surface area contributed by atoms with Crippen molar-refractivity contribution in [1.29, 1.82) is 0 Å². The minimum Gasteiger partial charge on any atom is -0.310 e. The second kappa shape index (κ2) is 3.77. The monoisotopic (exact) mass is 139 g/mol. The molecule has 1 nitrogen and oxygen atoms in total. The van der Waals surface area contributed by atoms with Gasteiger partial charge in [-0.2, -0.15) is 0 Å². The number of rotatable bonds is 4. The summed E-state index contributed by atoms with van der Waals surface area (Å²) in [5, 5.41) is 3.47. The normalized spacial score (nSPS) is 18.5.